The van der Waals surface area contributed by atoms with Gasteiger partial charge in [-0.1, -0.05) is 18.2 Å². The first-order chi connectivity index (χ1) is 13.7. The molecule has 0 spiro atoms. The van der Waals surface area contributed by atoms with Gasteiger partial charge < -0.3 is 4.90 Å². The Morgan fingerprint density at radius 1 is 1.11 bits per heavy atom. The predicted octanol–water partition coefficient (Wildman–Crippen LogP) is 3.69. The molecule has 0 fully saturated rings. The molecule has 1 unspecified atom stereocenters. The van der Waals surface area contributed by atoms with Crippen LogP contribution in [-0.4, -0.2) is 26.9 Å². The van der Waals surface area contributed by atoms with E-state index < -0.39 is 0 Å². The third-order valence-electron chi connectivity index (χ3n) is 5.14. The molecule has 5 rings (SSSR count). The average Bonchev–Trinajstić information content (AvgIpc) is 3.41. The number of benzene rings is 1. The van der Waals surface area contributed by atoms with E-state index in [1.165, 1.54) is 21.2 Å². The highest BCUT2D eigenvalue weighted by molar-refractivity contribution is 7.10. The van der Waals surface area contributed by atoms with E-state index in [-0.39, 0.29) is 24.1 Å². The summed E-state index contributed by atoms with van der Waals surface area (Å²) < 4.78 is 1.53. The lowest BCUT2D eigenvalue weighted by Crippen LogP contribution is -2.42. The van der Waals surface area contributed by atoms with Crippen molar-refractivity contribution < 1.29 is 4.79 Å². The van der Waals surface area contributed by atoms with Crippen molar-refractivity contribution in [2.75, 3.05) is 6.54 Å². The average molecular weight is 408 g/mol. The number of thiophene rings is 2. The summed E-state index contributed by atoms with van der Waals surface area (Å²) in [6.45, 7) is 0.676. The fourth-order valence-corrected chi connectivity index (χ4v) is 5.60. The highest BCUT2D eigenvalue weighted by atomic mass is 32.1. The summed E-state index contributed by atoms with van der Waals surface area (Å²) in [5.41, 5.74) is 2.35. The van der Waals surface area contributed by atoms with Crippen molar-refractivity contribution in [2.45, 2.75) is 19.0 Å². The topological polar surface area (TPSA) is 55.2 Å². The Morgan fingerprint density at radius 2 is 2.00 bits per heavy atom. The van der Waals surface area contributed by atoms with Crippen molar-refractivity contribution in [2.24, 2.45) is 0 Å². The van der Waals surface area contributed by atoms with Crippen molar-refractivity contribution in [3.8, 4) is 0 Å². The summed E-state index contributed by atoms with van der Waals surface area (Å²) in [6, 6.07) is 13.6. The van der Waals surface area contributed by atoms with Gasteiger partial charge in [-0.15, -0.1) is 22.7 Å². The summed E-state index contributed by atoms with van der Waals surface area (Å²) in [5, 5.41) is 4.14. The van der Waals surface area contributed by atoms with Crippen molar-refractivity contribution in [1.29, 1.82) is 0 Å². The van der Waals surface area contributed by atoms with Crippen LogP contribution in [0.15, 0.2) is 64.2 Å². The Balaban J connectivity index is 1.54. The van der Waals surface area contributed by atoms with Crippen molar-refractivity contribution in [3.63, 3.8) is 0 Å². The third-order valence-corrected chi connectivity index (χ3v) is 7.07. The van der Waals surface area contributed by atoms with E-state index in [1.54, 1.807) is 22.7 Å². The zero-order valence-corrected chi connectivity index (χ0v) is 16.6. The van der Waals surface area contributed by atoms with Crippen LogP contribution in [0, 0.1) is 0 Å². The van der Waals surface area contributed by atoms with Crippen LogP contribution in [0.5, 0.6) is 0 Å². The molecule has 0 bridgehead atoms. The zero-order chi connectivity index (χ0) is 19.1. The molecule has 0 saturated carbocycles. The van der Waals surface area contributed by atoms with Gasteiger partial charge >= 0.3 is 0 Å². The largest absolute Gasteiger partial charge is 0.329 e. The SMILES string of the molecule is O=C(Cn1c(=O)cnc2ccccc21)N1CCc2sccc2C1c1cccs1. The maximum Gasteiger partial charge on any atom is 0.269 e. The molecule has 7 heteroatoms. The molecule has 4 aromatic rings. The number of carbonyl (C=O) groups excluding carboxylic acids is 1. The lowest BCUT2D eigenvalue weighted by atomic mass is 9.98. The van der Waals surface area contributed by atoms with Gasteiger partial charge in [0.2, 0.25) is 5.91 Å². The van der Waals surface area contributed by atoms with Crippen LogP contribution in [0.4, 0.5) is 0 Å². The first-order valence-electron chi connectivity index (χ1n) is 9.06. The number of nitrogens with zero attached hydrogens (tertiary/aromatic N) is 3. The minimum absolute atomic E-state index is 0.0171. The molecule has 0 aliphatic carbocycles. The number of para-hydroxylation sites is 2. The maximum atomic E-state index is 13.4. The molecule has 28 heavy (non-hydrogen) atoms. The molecule has 3 aromatic heterocycles. The van der Waals surface area contributed by atoms with Gasteiger partial charge in [0.1, 0.15) is 6.54 Å². The van der Waals surface area contributed by atoms with Gasteiger partial charge in [-0.3, -0.25) is 14.2 Å². The number of hydrogen-bond donors (Lipinski definition) is 0. The predicted molar refractivity (Wildman–Crippen MR) is 112 cm³/mol. The summed E-state index contributed by atoms with van der Waals surface area (Å²) in [7, 11) is 0. The second-order valence-corrected chi connectivity index (χ2v) is 8.71. The van der Waals surface area contributed by atoms with Crippen LogP contribution in [0.25, 0.3) is 11.0 Å². The second kappa shape index (κ2) is 7.00. The van der Waals surface area contributed by atoms with Crippen LogP contribution < -0.4 is 5.56 Å². The number of carbonyl (C=O) groups is 1. The Bertz CT molecular complexity index is 1210. The molecular weight excluding hydrogens is 390 g/mol. The Hall–Kier alpha value is -2.77. The molecule has 0 radical (unpaired) electrons. The van der Waals surface area contributed by atoms with Crippen LogP contribution in [0.3, 0.4) is 0 Å². The van der Waals surface area contributed by atoms with Gasteiger partial charge in [-0.05, 0) is 47.0 Å². The lowest BCUT2D eigenvalue weighted by molar-refractivity contribution is -0.133. The van der Waals surface area contributed by atoms with Gasteiger partial charge in [-0.25, -0.2) is 4.98 Å². The Labute approximate surface area is 169 Å². The smallest absolute Gasteiger partial charge is 0.269 e. The molecule has 5 nitrogen and oxygen atoms in total. The number of aromatic nitrogens is 2. The summed E-state index contributed by atoms with van der Waals surface area (Å²) in [4.78, 5) is 34.4. The van der Waals surface area contributed by atoms with E-state index in [9.17, 15) is 9.59 Å². The van der Waals surface area contributed by atoms with E-state index in [0.717, 1.165) is 11.3 Å². The summed E-state index contributed by atoms with van der Waals surface area (Å²) >= 11 is 3.41. The Morgan fingerprint density at radius 3 is 2.86 bits per heavy atom. The fraction of sp³-hybridized carbons (Fsp3) is 0.190. The van der Waals surface area contributed by atoms with Crippen LogP contribution in [0.2, 0.25) is 0 Å². The standard InChI is InChI=1S/C21H17N3O2S2/c25-19-12-22-15-4-1-2-5-16(15)24(19)13-20(26)23-9-7-17-14(8-11-28-17)21(23)18-6-3-10-27-18/h1-6,8,10-12,21H,7,9,13H2. The number of fused-ring (bicyclic) bond motifs is 2. The number of hydrogen-bond acceptors (Lipinski definition) is 5. The van der Waals surface area contributed by atoms with E-state index in [2.05, 4.69) is 22.5 Å². The summed E-state index contributed by atoms with van der Waals surface area (Å²) in [5.74, 6) is -0.0475. The second-order valence-electron chi connectivity index (χ2n) is 6.73. The van der Waals surface area contributed by atoms with Gasteiger partial charge in [0.25, 0.3) is 5.56 Å². The minimum Gasteiger partial charge on any atom is -0.329 e. The van der Waals surface area contributed by atoms with Crippen molar-refractivity contribution >= 4 is 39.6 Å². The van der Waals surface area contributed by atoms with E-state index >= 15 is 0 Å². The van der Waals surface area contributed by atoms with Crippen molar-refractivity contribution in [3.05, 3.63) is 85.1 Å². The van der Waals surface area contributed by atoms with Gasteiger partial charge in [0.05, 0.1) is 23.3 Å². The third kappa shape index (κ3) is 2.87. The molecule has 140 valence electrons. The quantitative estimate of drug-likeness (QED) is 0.520. The molecule has 0 N–H and O–H groups in total. The number of amides is 1. The molecule has 1 aliphatic heterocycles. The maximum absolute atomic E-state index is 13.4. The molecule has 0 saturated heterocycles. The normalized spacial score (nSPS) is 16.3. The van der Waals surface area contributed by atoms with E-state index in [4.69, 9.17) is 0 Å². The highest BCUT2D eigenvalue weighted by Gasteiger charge is 2.33. The highest BCUT2D eigenvalue weighted by Crippen LogP contribution is 2.39. The molecule has 1 aliphatic rings. The summed E-state index contributed by atoms with van der Waals surface area (Å²) in [6.07, 6.45) is 2.14. The van der Waals surface area contributed by atoms with Gasteiger partial charge in [-0.2, -0.15) is 0 Å². The van der Waals surface area contributed by atoms with Crippen molar-refractivity contribution in [1.82, 2.24) is 14.5 Å². The zero-order valence-electron chi connectivity index (χ0n) is 14.9. The van der Waals surface area contributed by atoms with E-state index in [1.807, 2.05) is 40.6 Å². The molecule has 4 heterocycles. The van der Waals surface area contributed by atoms with Gasteiger partial charge in [0.15, 0.2) is 0 Å². The molecular formula is C21H17N3O2S2. The Kier molecular flexibility index (Phi) is 4.33. The molecule has 1 amide bonds. The monoisotopic (exact) mass is 407 g/mol. The first kappa shape index (κ1) is 17.3. The fourth-order valence-electron chi connectivity index (χ4n) is 3.84. The van der Waals surface area contributed by atoms with Crippen LogP contribution in [0.1, 0.15) is 21.4 Å². The number of rotatable bonds is 3. The van der Waals surface area contributed by atoms with Crippen LogP contribution >= 0.6 is 22.7 Å². The molecule has 1 aromatic carbocycles. The van der Waals surface area contributed by atoms with Gasteiger partial charge in [0, 0.05) is 16.3 Å². The van der Waals surface area contributed by atoms with Crippen LogP contribution in [-0.2, 0) is 17.8 Å². The lowest BCUT2D eigenvalue weighted by Gasteiger charge is -2.35. The van der Waals surface area contributed by atoms with E-state index in [0.29, 0.717) is 17.6 Å². The minimum atomic E-state index is -0.257. The molecule has 1 atom stereocenters. The first-order valence-corrected chi connectivity index (χ1v) is 10.8.